The van der Waals surface area contributed by atoms with Gasteiger partial charge in [-0.15, -0.1) is 0 Å². The zero-order valence-corrected chi connectivity index (χ0v) is 15.9. The fourth-order valence-corrected chi connectivity index (χ4v) is 3.29. The van der Waals surface area contributed by atoms with E-state index < -0.39 is 28.9 Å². The average Bonchev–Trinajstić information content (AvgIpc) is 2.95. The van der Waals surface area contributed by atoms with E-state index in [9.17, 15) is 13.6 Å². The molecule has 0 saturated carbocycles. The quantitative estimate of drug-likeness (QED) is 0.696. The molecule has 2 aromatic rings. The first-order chi connectivity index (χ1) is 12.6. The highest BCUT2D eigenvalue weighted by Gasteiger charge is 2.43. The van der Waals surface area contributed by atoms with Crippen LogP contribution in [0.2, 0.25) is 0 Å². The predicted molar refractivity (Wildman–Crippen MR) is 101 cm³/mol. The summed E-state index contributed by atoms with van der Waals surface area (Å²) in [6, 6.07) is 12.8. The van der Waals surface area contributed by atoms with E-state index in [1.165, 1.54) is 0 Å². The Morgan fingerprint density at radius 3 is 2.41 bits per heavy atom. The molecule has 1 aliphatic rings. The Morgan fingerprint density at radius 1 is 1.11 bits per heavy atom. The molecule has 0 unspecified atom stereocenters. The molecule has 142 valence electrons. The van der Waals surface area contributed by atoms with Crippen molar-refractivity contribution in [3.8, 4) is 0 Å². The van der Waals surface area contributed by atoms with Gasteiger partial charge in [0.05, 0.1) is 12.1 Å². The van der Waals surface area contributed by atoms with E-state index in [-0.39, 0.29) is 12.1 Å². The Kier molecular flexibility index (Phi) is 4.81. The Morgan fingerprint density at radius 2 is 1.78 bits per heavy atom. The number of rotatable bonds is 2. The molecule has 3 rings (SSSR count). The van der Waals surface area contributed by atoms with E-state index in [2.05, 4.69) is 0 Å². The van der Waals surface area contributed by atoms with Crippen molar-refractivity contribution in [3.05, 3.63) is 77.4 Å². The van der Waals surface area contributed by atoms with E-state index in [0.29, 0.717) is 5.57 Å². The molecule has 0 aromatic heterocycles. The fraction of sp³-hybridized carbons (Fsp3) is 0.318. The summed E-state index contributed by atoms with van der Waals surface area (Å²) in [6.45, 7) is 7.38. The fourth-order valence-electron chi connectivity index (χ4n) is 3.29. The molecule has 0 bridgehead atoms. The number of carbonyl (C=O) groups excluding carboxylic acids is 1. The number of hydrogen-bond acceptors (Lipinski definition) is 2. The van der Waals surface area contributed by atoms with E-state index in [4.69, 9.17) is 4.74 Å². The van der Waals surface area contributed by atoms with Crippen LogP contribution >= 0.6 is 0 Å². The zero-order valence-electron chi connectivity index (χ0n) is 15.9. The minimum absolute atomic E-state index is 0.126. The summed E-state index contributed by atoms with van der Waals surface area (Å²) in [4.78, 5) is 14.4. The van der Waals surface area contributed by atoms with Crippen molar-refractivity contribution in [2.24, 2.45) is 0 Å². The average molecular weight is 371 g/mol. The van der Waals surface area contributed by atoms with Gasteiger partial charge in [0.25, 0.3) is 0 Å². The first kappa shape index (κ1) is 19.1. The summed E-state index contributed by atoms with van der Waals surface area (Å²) in [5, 5.41) is 0. The van der Waals surface area contributed by atoms with Gasteiger partial charge in [0.2, 0.25) is 0 Å². The first-order valence-corrected chi connectivity index (χ1v) is 8.83. The number of carbonyl (C=O) groups is 1. The summed E-state index contributed by atoms with van der Waals surface area (Å²) in [5.41, 5.74) is 0.0641. The Hall–Kier alpha value is -2.69. The maximum absolute atomic E-state index is 14.3. The van der Waals surface area contributed by atoms with Crippen LogP contribution in [0.5, 0.6) is 0 Å². The van der Waals surface area contributed by atoms with Gasteiger partial charge in [-0.25, -0.2) is 13.6 Å². The minimum Gasteiger partial charge on any atom is -0.444 e. The second-order valence-electron chi connectivity index (χ2n) is 7.87. The number of benzene rings is 2. The minimum atomic E-state index is -0.836. The second kappa shape index (κ2) is 6.80. The molecule has 0 spiro atoms. The monoisotopic (exact) mass is 371 g/mol. The summed E-state index contributed by atoms with van der Waals surface area (Å²) >= 11 is 0. The number of amides is 1. The number of ether oxygens (including phenoxy) is 1. The summed E-state index contributed by atoms with van der Waals surface area (Å²) in [6.07, 6.45) is 1.31. The van der Waals surface area contributed by atoms with Crippen LogP contribution in [0, 0.1) is 11.6 Å². The maximum Gasteiger partial charge on any atom is 0.411 e. The molecule has 1 aliphatic heterocycles. The van der Waals surface area contributed by atoms with Crippen molar-refractivity contribution in [1.82, 2.24) is 4.90 Å². The molecular weight excluding hydrogens is 348 g/mol. The molecule has 2 aromatic carbocycles. The third-order valence-corrected chi connectivity index (χ3v) is 4.59. The molecule has 0 saturated heterocycles. The largest absolute Gasteiger partial charge is 0.444 e. The second-order valence-corrected chi connectivity index (χ2v) is 7.87. The van der Waals surface area contributed by atoms with E-state index in [1.807, 2.05) is 43.3 Å². The lowest BCUT2D eigenvalue weighted by Crippen LogP contribution is -2.45. The molecule has 5 heteroatoms. The number of halogens is 2. The highest BCUT2D eigenvalue weighted by molar-refractivity contribution is 5.80. The lowest BCUT2D eigenvalue weighted by atomic mass is 9.91. The van der Waals surface area contributed by atoms with Crippen molar-refractivity contribution in [1.29, 1.82) is 0 Å². The summed E-state index contributed by atoms with van der Waals surface area (Å²) in [5.74, 6) is -1.05. The SMILES string of the molecule is CC(C)(C)OC(=O)N1CC(c2cc(F)ccc2F)=C[C@@]1(C)c1ccccc1. The molecule has 0 N–H and O–H groups in total. The Labute approximate surface area is 158 Å². The molecule has 1 amide bonds. The van der Waals surface area contributed by atoms with Crippen molar-refractivity contribution in [2.75, 3.05) is 6.54 Å². The van der Waals surface area contributed by atoms with Crippen LogP contribution < -0.4 is 0 Å². The molecule has 0 fully saturated rings. The topological polar surface area (TPSA) is 29.5 Å². The van der Waals surface area contributed by atoms with E-state index in [0.717, 1.165) is 23.8 Å². The predicted octanol–water partition coefficient (Wildman–Crippen LogP) is 5.51. The van der Waals surface area contributed by atoms with Crippen LogP contribution in [-0.4, -0.2) is 23.1 Å². The van der Waals surface area contributed by atoms with Crippen molar-refractivity contribution < 1.29 is 18.3 Å². The number of nitrogens with zero attached hydrogens (tertiary/aromatic N) is 1. The third-order valence-electron chi connectivity index (χ3n) is 4.59. The Balaban J connectivity index is 2.07. The molecule has 1 atom stereocenters. The van der Waals surface area contributed by atoms with E-state index in [1.54, 1.807) is 25.7 Å². The van der Waals surface area contributed by atoms with Gasteiger partial charge in [-0.1, -0.05) is 30.3 Å². The molecule has 0 radical (unpaired) electrons. The van der Waals surface area contributed by atoms with Gasteiger partial charge in [-0.3, -0.25) is 4.90 Å². The van der Waals surface area contributed by atoms with Gasteiger partial charge >= 0.3 is 6.09 Å². The lowest BCUT2D eigenvalue weighted by Gasteiger charge is -2.36. The molecule has 0 aliphatic carbocycles. The smallest absolute Gasteiger partial charge is 0.411 e. The van der Waals surface area contributed by atoms with Crippen molar-refractivity contribution in [3.63, 3.8) is 0 Å². The highest BCUT2D eigenvalue weighted by Crippen LogP contribution is 2.41. The molecular formula is C22H23F2NO2. The molecule has 27 heavy (non-hydrogen) atoms. The van der Waals surface area contributed by atoms with Gasteiger partial charge in [0.1, 0.15) is 17.2 Å². The van der Waals surface area contributed by atoms with Crippen molar-refractivity contribution >= 4 is 11.7 Å². The zero-order chi connectivity index (χ0) is 19.8. The molecule has 3 nitrogen and oxygen atoms in total. The standard InChI is InChI=1S/C22H23F2NO2/c1-21(2,3)27-20(26)25-14-15(18-12-17(23)10-11-19(18)24)13-22(25,4)16-8-6-5-7-9-16/h5-13H,14H2,1-4H3/t22-/m0/s1. The Bertz CT molecular complexity index is 887. The van der Waals surface area contributed by atoms with Gasteiger partial charge in [0.15, 0.2) is 0 Å². The van der Waals surface area contributed by atoms with Crippen LogP contribution in [-0.2, 0) is 10.3 Å². The van der Waals surface area contributed by atoms with Crippen LogP contribution in [0.4, 0.5) is 13.6 Å². The van der Waals surface area contributed by atoms with E-state index >= 15 is 0 Å². The third kappa shape index (κ3) is 3.87. The van der Waals surface area contributed by atoms with Crippen LogP contribution in [0.3, 0.4) is 0 Å². The van der Waals surface area contributed by atoms with Crippen LogP contribution in [0.25, 0.3) is 5.57 Å². The summed E-state index contributed by atoms with van der Waals surface area (Å²) < 4.78 is 33.6. The normalized spacial score (nSPS) is 19.8. The van der Waals surface area contributed by atoms with Gasteiger partial charge in [0, 0.05) is 5.56 Å². The molecule has 1 heterocycles. The van der Waals surface area contributed by atoms with Gasteiger partial charge in [-0.2, -0.15) is 0 Å². The first-order valence-electron chi connectivity index (χ1n) is 8.83. The van der Waals surface area contributed by atoms with Gasteiger partial charge in [-0.05, 0) is 63.1 Å². The number of hydrogen-bond donors (Lipinski definition) is 0. The maximum atomic E-state index is 14.3. The van der Waals surface area contributed by atoms with Crippen LogP contribution in [0.15, 0.2) is 54.6 Å². The highest BCUT2D eigenvalue weighted by atomic mass is 19.1. The van der Waals surface area contributed by atoms with Crippen molar-refractivity contribution in [2.45, 2.75) is 38.8 Å². The summed E-state index contributed by atoms with van der Waals surface area (Å²) in [7, 11) is 0. The lowest BCUT2D eigenvalue weighted by molar-refractivity contribution is 0.0138. The van der Waals surface area contributed by atoms with Gasteiger partial charge < -0.3 is 4.74 Å². The van der Waals surface area contributed by atoms with Crippen LogP contribution in [0.1, 0.15) is 38.8 Å².